The summed E-state index contributed by atoms with van der Waals surface area (Å²) in [7, 11) is 1.94. The van der Waals surface area contributed by atoms with Gasteiger partial charge in [0, 0.05) is 24.7 Å². The largest absolute Gasteiger partial charge is 0.426 e. The van der Waals surface area contributed by atoms with Gasteiger partial charge in [-0.2, -0.15) is 0 Å². The van der Waals surface area contributed by atoms with Crippen LogP contribution in [0.25, 0.3) is 0 Å². The summed E-state index contributed by atoms with van der Waals surface area (Å²) in [5.74, 6) is 0.795. The molecule has 0 bridgehead atoms. The maximum atomic E-state index is 11.9. The van der Waals surface area contributed by atoms with Crippen LogP contribution < -0.4 is 10.5 Å². The van der Waals surface area contributed by atoms with Crippen LogP contribution in [-0.4, -0.2) is 7.05 Å². The van der Waals surface area contributed by atoms with Crippen LogP contribution in [0.4, 0.5) is 11.4 Å². The molecule has 1 aromatic carbocycles. The molecule has 0 amide bonds. The summed E-state index contributed by atoms with van der Waals surface area (Å²) in [5, 5.41) is 0.178. The van der Waals surface area contributed by atoms with Gasteiger partial charge < -0.3 is 9.32 Å². The van der Waals surface area contributed by atoms with E-state index in [0.29, 0.717) is 0 Å². The topological polar surface area (TPSA) is 33.5 Å². The second-order valence-electron chi connectivity index (χ2n) is 5.06. The maximum absolute atomic E-state index is 11.9. The molecule has 2 aromatic rings. The fraction of sp³-hybridized carbons (Fsp3) is 0.312. The number of halogens is 1. The highest BCUT2D eigenvalue weighted by atomic mass is 35.5. The van der Waals surface area contributed by atoms with E-state index in [0.717, 1.165) is 48.4 Å². The highest BCUT2D eigenvalue weighted by Gasteiger charge is 2.23. The van der Waals surface area contributed by atoms with Gasteiger partial charge in [-0.05, 0) is 31.4 Å². The predicted molar refractivity (Wildman–Crippen MR) is 81.1 cm³/mol. The molecule has 0 unspecified atom stereocenters. The number of rotatable bonds is 2. The molecule has 20 heavy (non-hydrogen) atoms. The Kier molecular flexibility index (Phi) is 3.53. The van der Waals surface area contributed by atoms with Gasteiger partial charge in [0.05, 0.1) is 5.69 Å². The van der Waals surface area contributed by atoms with Crippen molar-refractivity contribution in [3.63, 3.8) is 0 Å². The van der Waals surface area contributed by atoms with Gasteiger partial charge in [-0.1, -0.05) is 29.8 Å². The number of hydrogen-bond acceptors (Lipinski definition) is 3. The van der Waals surface area contributed by atoms with Crippen LogP contribution in [0.1, 0.15) is 24.2 Å². The molecule has 1 heterocycles. The predicted octanol–water partition coefficient (Wildman–Crippen LogP) is 3.94. The molecule has 1 aliphatic rings. The number of anilines is 2. The van der Waals surface area contributed by atoms with Crippen molar-refractivity contribution < 1.29 is 4.42 Å². The standard InChI is InChI=1S/C16H16ClNO2/c1-18(11-7-3-2-4-8-11)15-12-9-5-6-10-13(12)20-16(19)14(15)17/h2-4,7-8H,5-6,9-10H2,1H3. The number of para-hydroxylation sites is 1. The average molecular weight is 290 g/mol. The molecule has 0 saturated carbocycles. The first-order valence-corrected chi connectivity index (χ1v) is 7.19. The number of hydrogen-bond donors (Lipinski definition) is 0. The Morgan fingerprint density at radius 2 is 1.85 bits per heavy atom. The molecule has 1 aliphatic carbocycles. The summed E-state index contributed by atoms with van der Waals surface area (Å²) in [6.45, 7) is 0. The fourth-order valence-corrected chi connectivity index (χ4v) is 3.04. The second kappa shape index (κ2) is 5.33. The minimum atomic E-state index is -0.440. The Morgan fingerprint density at radius 1 is 1.15 bits per heavy atom. The van der Waals surface area contributed by atoms with Crippen LogP contribution in [0, 0.1) is 0 Å². The summed E-state index contributed by atoms with van der Waals surface area (Å²) in [4.78, 5) is 13.9. The Morgan fingerprint density at radius 3 is 2.60 bits per heavy atom. The summed E-state index contributed by atoms with van der Waals surface area (Å²) >= 11 is 6.23. The molecule has 3 rings (SSSR count). The minimum absolute atomic E-state index is 0.178. The van der Waals surface area contributed by atoms with E-state index in [1.54, 1.807) is 0 Å². The van der Waals surface area contributed by atoms with Crippen molar-refractivity contribution in [3.05, 3.63) is 57.1 Å². The van der Waals surface area contributed by atoms with Gasteiger partial charge in [0.25, 0.3) is 0 Å². The van der Waals surface area contributed by atoms with Gasteiger partial charge in [-0.25, -0.2) is 4.79 Å². The van der Waals surface area contributed by atoms with Crippen LogP contribution in [0.2, 0.25) is 5.02 Å². The lowest BCUT2D eigenvalue weighted by Gasteiger charge is -2.26. The third-order valence-corrected chi connectivity index (χ3v) is 4.12. The molecule has 0 saturated heterocycles. The third kappa shape index (κ3) is 2.22. The third-order valence-electron chi connectivity index (χ3n) is 3.78. The van der Waals surface area contributed by atoms with E-state index in [1.807, 2.05) is 42.3 Å². The molecule has 0 spiro atoms. The lowest BCUT2D eigenvalue weighted by atomic mass is 9.95. The molecule has 0 radical (unpaired) electrons. The van der Waals surface area contributed by atoms with E-state index < -0.39 is 5.63 Å². The van der Waals surface area contributed by atoms with Crippen molar-refractivity contribution in [3.8, 4) is 0 Å². The Bertz CT molecular complexity index is 679. The van der Waals surface area contributed by atoms with E-state index in [9.17, 15) is 4.79 Å². The van der Waals surface area contributed by atoms with Gasteiger partial charge >= 0.3 is 5.63 Å². The lowest BCUT2D eigenvalue weighted by molar-refractivity contribution is 0.429. The van der Waals surface area contributed by atoms with E-state index in [2.05, 4.69) is 0 Å². The molecule has 0 atom stereocenters. The highest BCUT2D eigenvalue weighted by Crippen LogP contribution is 2.36. The van der Waals surface area contributed by atoms with Crippen molar-refractivity contribution in [2.75, 3.05) is 11.9 Å². The van der Waals surface area contributed by atoms with Crippen LogP contribution in [0.5, 0.6) is 0 Å². The number of fused-ring (bicyclic) bond motifs is 1. The monoisotopic (exact) mass is 289 g/mol. The second-order valence-corrected chi connectivity index (χ2v) is 5.43. The molecule has 3 nitrogen and oxygen atoms in total. The van der Waals surface area contributed by atoms with Gasteiger partial charge in [-0.3, -0.25) is 0 Å². The van der Waals surface area contributed by atoms with Crippen molar-refractivity contribution in [1.29, 1.82) is 0 Å². The molecule has 104 valence electrons. The highest BCUT2D eigenvalue weighted by molar-refractivity contribution is 6.33. The number of aryl methyl sites for hydroxylation is 1. The van der Waals surface area contributed by atoms with E-state index >= 15 is 0 Å². The minimum Gasteiger partial charge on any atom is -0.426 e. The Hall–Kier alpha value is -1.74. The Balaban J connectivity index is 2.17. The Labute approximate surface area is 122 Å². The summed E-state index contributed by atoms with van der Waals surface area (Å²) in [6.07, 6.45) is 3.89. The fourth-order valence-electron chi connectivity index (χ4n) is 2.76. The summed E-state index contributed by atoms with van der Waals surface area (Å²) in [5.41, 5.74) is 2.44. The van der Waals surface area contributed by atoms with Crippen molar-refractivity contribution >= 4 is 23.0 Å². The van der Waals surface area contributed by atoms with Gasteiger partial charge in [0.2, 0.25) is 0 Å². The van der Waals surface area contributed by atoms with E-state index in [4.69, 9.17) is 16.0 Å². The van der Waals surface area contributed by atoms with Crippen molar-refractivity contribution in [2.24, 2.45) is 0 Å². The maximum Gasteiger partial charge on any atom is 0.357 e. The van der Waals surface area contributed by atoms with E-state index in [1.165, 1.54) is 0 Å². The summed E-state index contributed by atoms with van der Waals surface area (Å²) in [6, 6.07) is 9.91. The zero-order valence-corrected chi connectivity index (χ0v) is 12.1. The van der Waals surface area contributed by atoms with E-state index in [-0.39, 0.29) is 5.02 Å². The zero-order chi connectivity index (χ0) is 14.1. The van der Waals surface area contributed by atoms with Crippen molar-refractivity contribution in [1.82, 2.24) is 0 Å². The molecule has 0 aliphatic heterocycles. The zero-order valence-electron chi connectivity index (χ0n) is 11.4. The van der Waals surface area contributed by atoms with Crippen molar-refractivity contribution in [2.45, 2.75) is 25.7 Å². The SMILES string of the molecule is CN(c1ccccc1)c1c2c(oc(=O)c1Cl)CCCC2. The first-order chi connectivity index (χ1) is 9.68. The van der Waals surface area contributed by atoms with Crippen LogP contribution in [0.15, 0.2) is 39.5 Å². The molecule has 0 N–H and O–H groups in total. The number of benzene rings is 1. The summed E-state index contributed by atoms with van der Waals surface area (Å²) < 4.78 is 5.34. The molecule has 0 fully saturated rings. The average Bonchev–Trinajstić information content (AvgIpc) is 2.49. The smallest absolute Gasteiger partial charge is 0.357 e. The molecular weight excluding hydrogens is 274 g/mol. The van der Waals surface area contributed by atoms with Crippen LogP contribution in [-0.2, 0) is 12.8 Å². The first kappa shape index (κ1) is 13.3. The molecular formula is C16H16ClNO2. The normalized spacial score (nSPS) is 13.9. The van der Waals surface area contributed by atoms with Gasteiger partial charge in [0.15, 0.2) is 0 Å². The van der Waals surface area contributed by atoms with Crippen LogP contribution in [0.3, 0.4) is 0 Å². The number of nitrogens with zero attached hydrogens (tertiary/aromatic N) is 1. The van der Waals surface area contributed by atoms with Gasteiger partial charge in [0.1, 0.15) is 10.8 Å². The van der Waals surface area contributed by atoms with Gasteiger partial charge in [-0.15, -0.1) is 0 Å². The molecule has 1 aromatic heterocycles. The lowest BCUT2D eigenvalue weighted by Crippen LogP contribution is -2.20. The molecule has 4 heteroatoms. The quantitative estimate of drug-likeness (QED) is 0.839. The first-order valence-electron chi connectivity index (χ1n) is 6.81. The van der Waals surface area contributed by atoms with Crippen LogP contribution >= 0.6 is 11.6 Å².